The fraction of sp³-hybridized carbons (Fsp3) is 0.667. The Labute approximate surface area is 63.9 Å². The van der Waals surface area contributed by atoms with Gasteiger partial charge >= 0.3 is 11.9 Å². The number of hydrogen-bond donors (Lipinski definition) is 1. The molecule has 0 unspecified atom stereocenters. The largest absolute Gasteiger partial charge is 0.423 e. The highest BCUT2D eigenvalue weighted by Crippen LogP contribution is 1.94. The fourth-order valence-corrected chi connectivity index (χ4v) is 0.469. The Kier molecular flexibility index (Phi) is 4.21. The fourth-order valence-electron chi connectivity index (χ4n) is 0.469. The summed E-state index contributed by atoms with van der Waals surface area (Å²) in [5, 5.41) is 8.47. The highest BCUT2D eigenvalue weighted by Gasteiger charge is 2.12. The van der Waals surface area contributed by atoms with Crippen LogP contribution in [0.5, 0.6) is 0 Å². The van der Waals surface area contributed by atoms with Crippen LogP contribution in [0.3, 0.4) is 0 Å². The average Bonchev–Trinajstić information content (AvgIpc) is 1.84. The van der Waals surface area contributed by atoms with Crippen LogP contribution < -0.4 is 0 Å². The Bertz CT molecular complexity index is 137. The lowest BCUT2D eigenvalue weighted by molar-refractivity contribution is -0.191. The summed E-state index contributed by atoms with van der Waals surface area (Å²) in [5.74, 6) is -1.21. The smallest absolute Gasteiger partial charge is 0.305 e. The minimum absolute atomic E-state index is 0.529. The predicted octanol–water partition coefficient (Wildman–Crippen LogP) is -0.569. The molecule has 5 nitrogen and oxygen atoms in total. The van der Waals surface area contributed by atoms with E-state index in [1.165, 1.54) is 0 Å². The van der Waals surface area contributed by atoms with Gasteiger partial charge in [-0.05, 0) is 0 Å². The Balaban J connectivity index is 3.76. The number of aliphatic hydroxyl groups excluding tert-OH is 1. The van der Waals surface area contributed by atoms with E-state index in [0.29, 0.717) is 0 Å². The highest BCUT2D eigenvalue weighted by atomic mass is 16.7. The van der Waals surface area contributed by atoms with E-state index in [1.54, 1.807) is 0 Å². The molecular weight excluding hydrogens is 152 g/mol. The summed E-state index contributed by atoms with van der Waals surface area (Å²) in [6.45, 7) is 1.79. The lowest BCUT2D eigenvalue weighted by Gasteiger charge is -2.12. The molecule has 0 spiro atoms. The van der Waals surface area contributed by atoms with Crippen LogP contribution in [0.25, 0.3) is 0 Å². The second-order valence-corrected chi connectivity index (χ2v) is 1.83. The van der Waals surface area contributed by atoms with Gasteiger partial charge in [0.05, 0.1) is 0 Å². The van der Waals surface area contributed by atoms with Crippen molar-refractivity contribution in [2.24, 2.45) is 0 Å². The van der Waals surface area contributed by atoms with Crippen molar-refractivity contribution in [1.29, 1.82) is 0 Å². The molecule has 0 aliphatic rings. The summed E-state index contributed by atoms with van der Waals surface area (Å²) >= 11 is 0. The molecule has 11 heavy (non-hydrogen) atoms. The van der Waals surface area contributed by atoms with Gasteiger partial charge in [0.15, 0.2) is 0 Å². The van der Waals surface area contributed by atoms with Crippen LogP contribution in [0.4, 0.5) is 0 Å². The molecule has 0 amide bonds. The molecule has 0 saturated heterocycles. The van der Waals surface area contributed by atoms with Crippen molar-refractivity contribution < 1.29 is 24.2 Å². The minimum Gasteiger partial charge on any atom is -0.423 e. The van der Waals surface area contributed by atoms with E-state index >= 15 is 0 Å². The minimum atomic E-state index is -1.18. The predicted molar refractivity (Wildman–Crippen MR) is 34.4 cm³/mol. The van der Waals surface area contributed by atoms with E-state index in [0.717, 1.165) is 13.8 Å². The normalized spacial score (nSPS) is 9.45. The van der Waals surface area contributed by atoms with Crippen LogP contribution in [0, 0.1) is 0 Å². The SMILES string of the molecule is CC(=O)OC(CO)OC(C)=O. The molecule has 0 bridgehead atoms. The standard InChI is InChI=1S/C6H10O5/c1-4(8)10-6(3-7)11-5(2)9/h6-7H,3H2,1-2H3. The maximum Gasteiger partial charge on any atom is 0.305 e. The Morgan fingerprint density at radius 2 is 1.64 bits per heavy atom. The summed E-state index contributed by atoms with van der Waals surface area (Å²) in [5.41, 5.74) is 0. The molecule has 5 heteroatoms. The lowest BCUT2D eigenvalue weighted by atomic mass is 10.6. The van der Waals surface area contributed by atoms with E-state index in [1.807, 2.05) is 0 Å². The number of aliphatic hydroxyl groups is 1. The van der Waals surface area contributed by atoms with Gasteiger partial charge in [-0.1, -0.05) is 0 Å². The van der Waals surface area contributed by atoms with Gasteiger partial charge in [0, 0.05) is 13.8 Å². The number of carbonyl (C=O) groups excluding carboxylic acids is 2. The number of esters is 2. The quantitative estimate of drug-likeness (QED) is 0.444. The molecule has 0 aromatic heterocycles. The van der Waals surface area contributed by atoms with Crippen molar-refractivity contribution in [1.82, 2.24) is 0 Å². The summed E-state index contributed by atoms with van der Waals surface area (Å²) in [6, 6.07) is 0. The zero-order chi connectivity index (χ0) is 8.85. The van der Waals surface area contributed by atoms with Crippen molar-refractivity contribution in [3.63, 3.8) is 0 Å². The number of rotatable bonds is 3. The summed E-state index contributed by atoms with van der Waals surface area (Å²) < 4.78 is 8.76. The van der Waals surface area contributed by atoms with Crippen LogP contribution in [0.1, 0.15) is 13.8 Å². The molecule has 0 aliphatic carbocycles. The number of ether oxygens (including phenoxy) is 2. The van der Waals surface area contributed by atoms with Crippen LogP contribution in [-0.2, 0) is 19.1 Å². The van der Waals surface area contributed by atoms with Crippen molar-refractivity contribution in [2.45, 2.75) is 20.1 Å². The Morgan fingerprint density at radius 1 is 1.27 bits per heavy atom. The van der Waals surface area contributed by atoms with Gasteiger partial charge in [0.25, 0.3) is 6.29 Å². The first-order chi connectivity index (χ1) is 5.06. The molecule has 0 heterocycles. The van der Waals surface area contributed by atoms with Crippen LogP contribution in [0.15, 0.2) is 0 Å². The molecule has 0 aromatic rings. The molecule has 64 valence electrons. The van der Waals surface area contributed by atoms with Crippen LogP contribution in [0.2, 0.25) is 0 Å². The van der Waals surface area contributed by atoms with Gasteiger partial charge in [-0.15, -0.1) is 0 Å². The van der Waals surface area contributed by atoms with Gasteiger partial charge in [0.2, 0.25) is 0 Å². The molecule has 0 aromatic carbocycles. The molecule has 0 saturated carbocycles. The van der Waals surface area contributed by atoms with Gasteiger partial charge in [-0.2, -0.15) is 0 Å². The van der Waals surface area contributed by atoms with E-state index in [9.17, 15) is 9.59 Å². The molecule has 0 aliphatic heterocycles. The van der Waals surface area contributed by atoms with E-state index in [-0.39, 0.29) is 0 Å². The number of hydrogen-bond acceptors (Lipinski definition) is 5. The molecule has 1 N–H and O–H groups in total. The van der Waals surface area contributed by atoms with Gasteiger partial charge in [-0.3, -0.25) is 9.59 Å². The molecule has 0 atom stereocenters. The summed E-state index contributed by atoms with van der Waals surface area (Å²) in [6.07, 6.45) is -1.18. The Morgan fingerprint density at radius 3 is 1.82 bits per heavy atom. The van der Waals surface area contributed by atoms with Gasteiger partial charge < -0.3 is 14.6 Å². The molecule has 0 fully saturated rings. The van der Waals surface area contributed by atoms with Crippen LogP contribution >= 0.6 is 0 Å². The third kappa shape index (κ3) is 5.35. The summed E-state index contributed by atoms with van der Waals surface area (Å²) in [4.78, 5) is 20.5. The second kappa shape index (κ2) is 4.68. The molecule has 0 rings (SSSR count). The maximum atomic E-state index is 10.3. The molecule has 0 radical (unpaired) electrons. The lowest BCUT2D eigenvalue weighted by Crippen LogP contribution is -2.25. The maximum absolute atomic E-state index is 10.3. The summed E-state index contributed by atoms with van der Waals surface area (Å²) in [7, 11) is 0. The third-order valence-electron chi connectivity index (χ3n) is 0.744. The van der Waals surface area contributed by atoms with E-state index in [2.05, 4.69) is 9.47 Å². The Hall–Kier alpha value is -1.10. The average molecular weight is 162 g/mol. The third-order valence-corrected chi connectivity index (χ3v) is 0.744. The van der Waals surface area contributed by atoms with Crippen molar-refractivity contribution in [3.05, 3.63) is 0 Å². The van der Waals surface area contributed by atoms with Crippen molar-refractivity contribution >= 4 is 11.9 Å². The van der Waals surface area contributed by atoms with Crippen molar-refractivity contribution in [3.8, 4) is 0 Å². The van der Waals surface area contributed by atoms with Gasteiger partial charge in [0.1, 0.15) is 6.61 Å². The highest BCUT2D eigenvalue weighted by molar-refractivity contribution is 5.68. The van der Waals surface area contributed by atoms with Crippen LogP contribution in [-0.4, -0.2) is 29.9 Å². The second-order valence-electron chi connectivity index (χ2n) is 1.83. The first kappa shape index (κ1) is 9.90. The number of carbonyl (C=O) groups is 2. The monoisotopic (exact) mass is 162 g/mol. The first-order valence-electron chi connectivity index (χ1n) is 3.01. The first-order valence-corrected chi connectivity index (χ1v) is 3.01. The topological polar surface area (TPSA) is 72.8 Å². The van der Waals surface area contributed by atoms with E-state index in [4.69, 9.17) is 5.11 Å². The van der Waals surface area contributed by atoms with E-state index < -0.39 is 24.8 Å². The zero-order valence-corrected chi connectivity index (χ0v) is 6.36. The zero-order valence-electron chi connectivity index (χ0n) is 6.36. The molecular formula is C6H10O5. The van der Waals surface area contributed by atoms with Crippen molar-refractivity contribution in [2.75, 3.05) is 6.61 Å². The van der Waals surface area contributed by atoms with Gasteiger partial charge in [-0.25, -0.2) is 0 Å².